The third-order valence-corrected chi connectivity index (χ3v) is 7.43. The maximum Gasteiger partial charge on any atom is 0.416 e. The van der Waals surface area contributed by atoms with Crippen molar-refractivity contribution >= 4 is 10.0 Å². The first-order valence-electron chi connectivity index (χ1n) is 9.00. The van der Waals surface area contributed by atoms with Gasteiger partial charge in [0.05, 0.1) is 11.6 Å². The van der Waals surface area contributed by atoms with Crippen molar-refractivity contribution in [2.45, 2.75) is 42.4 Å². The molecule has 1 aromatic heterocycles. The summed E-state index contributed by atoms with van der Waals surface area (Å²) in [6, 6.07) is 7.19. The second-order valence-electron chi connectivity index (χ2n) is 7.15. The van der Waals surface area contributed by atoms with Gasteiger partial charge >= 0.3 is 6.18 Å². The van der Waals surface area contributed by atoms with Gasteiger partial charge in [-0.2, -0.15) is 17.5 Å². The minimum absolute atomic E-state index is 0.0158. The molecule has 0 amide bonds. The molecular weight excluding hydrogens is 393 g/mol. The molecule has 28 heavy (non-hydrogen) atoms. The Morgan fingerprint density at radius 3 is 2.71 bits per heavy atom. The Labute approximate surface area is 161 Å². The van der Waals surface area contributed by atoms with Crippen molar-refractivity contribution in [3.05, 3.63) is 54.4 Å². The second-order valence-corrected chi connectivity index (χ2v) is 9.00. The van der Waals surface area contributed by atoms with Crippen LogP contribution in [0.5, 0.6) is 5.75 Å². The van der Waals surface area contributed by atoms with Crippen molar-refractivity contribution in [3.63, 3.8) is 0 Å². The molecular formula is C19H19F3N2O3S. The fraction of sp³-hybridized carbons (Fsp3) is 0.421. The summed E-state index contributed by atoms with van der Waals surface area (Å²) < 4.78 is 72.0. The molecule has 3 atom stereocenters. The molecule has 2 heterocycles. The number of sulfonamides is 1. The minimum atomic E-state index is -4.46. The smallest absolute Gasteiger partial charge is 0.416 e. The number of ether oxygens (including phenoxy) is 1. The Hall–Kier alpha value is -2.13. The van der Waals surface area contributed by atoms with Crippen molar-refractivity contribution in [2.24, 2.45) is 5.92 Å². The van der Waals surface area contributed by atoms with Gasteiger partial charge in [-0.15, -0.1) is 0 Å². The summed E-state index contributed by atoms with van der Waals surface area (Å²) in [6.45, 7) is 0.0158. The van der Waals surface area contributed by atoms with E-state index in [1.54, 1.807) is 6.07 Å². The van der Waals surface area contributed by atoms with Crippen molar-refractivity contribution in [3.8, 4) is 5.75 Å². The summed E-state index contributed by atoms with van der Waals surface area (Å²) in [4.78, 5) is 4.01. The van der Waals surface area contributed by atoms with Crippen LogP contribution in [0.25, 0.3) is 0 Å². The van der Waals surface area contributed by atoms with E-state index in [1.165, 1.54) is 34.9 Å². The predicted molar refractivity (Wildman–Crippen MR) is 95.1 cm³/mol. The molecule has 0 N–H and O–H groups in total. The molecule has 0 unspecified atom stereocenters. The highest BCUT2D eigenvalue weighted by Crippen LogP contribution is 2.45. The molecule has 4 rings (SSSR count). The van der Waals surface area contributed by atoms with Crippen molar-refractivity contribution in [1.82, 2.24) is 9.29 Å². The number of rotatable bonds is 5. The van der Waals surface area contributed by atoms with E-state index in [4.69, 9.17) is 4.74 Å². The summed E-state index contributed by atoms with van der Waals surface area (Å²) in [5.74, 6) is 0.221. The molecule has 150 valence electrons. The summed E-state index contributed by atoms with van der Waals surface area (Å²) in [5, 5.41) is 0. The number of hydrogen-bond donors (Lipinski definition) is 0. The number of fused-ring (bicyclic) bond motifs is 2. The normalized spacial score (nSPS) is 25.2. The first-order chi connectivity index (χ1) is 13.3. The SMILES string of the molecule is O=S(=O)(c1cccnc1)N1[C@H]2CC[C@@H](C2)[C@@H]1COc1cccc(C(F)(F)F)c1. The zero-order chi connectivity index (χ0) is 19.9. The molecule has 1 aromatic carbocycles. The van der Waals surface area contributed by atoms with Gasteiger partial charge in [0.25, 0.3) is 0 Å². The predicted octanol–water partition coefficient (Wildman–Crippen LogP) is 3.72. The largest absolute Gasteiger partial charge is 0.492 e. The van der Waals surface area contributed by atoms with Gasteiger partial charge in [0, 0.05) is 18.4 Å². The second kappa shape index (κ2) is 7.04. The average molecular weight is 412 g/mol. The lowest BCUT2D eigenvalue weighted by atomic mass is 10.0. The van der Waals surface area contributed by atoms with Crippen LogP contribution in [0.1, 0.15) is 24.8 Å². The van der Waals surface area contributed by atoms with Crippen molar-refractivity contribution in [2.75, 3.05) is 6.61 Å². The van der Waals surface area contributed by atoms with E-state index in [0.29, 0.717) is 0 Å². The highest BCUT2D eigenvalue weighted by Gasteiger charge is 2.51. The van der Waals surface area contributed by atoms with Gasteiger partial charge in [0.15, 0.2) is 0 Å². The van der Waals surface area contributed by atoms with Crippen LogP contribution >= 0.6 is 0 Å². The number of alkyl halides is 3. The number of pyridine rings is 1. The van der Waals surface area contributed by atoms with Gasteiger partial charge in [-0.3, -0.25) is 4.98 Å². The molecule has 1 aliphatic carbocycles. The number of hydrogen-bond acceptors (Lipinski definition) is 4. The molecule has 1 saturated carbocycles. The van der Waals surface area contributed by atoms with E-state index in [-0.39, 0.29) is 29.2 Å². The van der Waals surface area contributed by atoms with Crippen LogP contribution in [0.15, 0.2) is 53.7 Å². The first-order valence-corrected chi connectivity index (χ1v) is 10.4. The van der Waals surface area contributed by atoms with Gasteiger partial charge < -0.3 is 4.74 Å². The number of nitrogens with zero attached hydrogens (tertiary/aromatic N) is 2. The Morgan fingerprint density at radius 2 is 2.00 bits per heavy atom. The van der Waals surface area contributed by atoms with Crippen LogP contribution in [-0.2, 0) is 16.2 Å². The van der Waals surface area contributed by atoms with Crippen molar-refractivity contribution < 1.29 is 26.3 Å². The Kier molecular flexibility index (Phi) is 4.83. The molecule has 2 aromatic rings. The molecule has 0 radical (unpaired) electrons. The standard InChI is InChI=1S/C19H19F3N2O3S/c20-19(21,22)14-3-1-4-16(10-14)27-12-18-13-6-7-15(9-13)24(18)28(25,26)17-5-2-8-23-11-17/h1-5,8,10-11,13,15,18H,6-7,9,12H2/t13-,15-,18-/m0/s1. The minimum Gasteiger partial charge on any atom is -0.492 e. The molecule has 2 aliphatic rings. The highest BCUT2D eigenvalue weighted by atomic mass is 32.2. The number of aromatic nitrogens is 1. The molecule has 1 saturated heterocycles. The van der Waals surface area contributed by atoms with Crippen LogP contribution in [0.3, 0.4) is 0 Å². The van der Waals surface area contributed by atoms with E-state index < -0.39 is 27.8 Å². The number of halogens is 3. The zero-order valence-corrected chi connectivity index (χ0v) is 15.7. The van der Waals surface area contributed by atoms with Gasteiger partial charge in [-0.05, 0) is 55.5 Å². The molecule has 1 aliphatic heterocycles. The van der Waals surface area contributed by atoms with Gasteiger partial charge in [0.2, 0.25) is 10.0 Å². The van der Waals surface area contributed by atoms with Gasteiger partial charge in [-0.25, -0.2) is 8.42 Å². The van der Waals surface area contributed by atoms with Crippen LogP contribution in [0.2, 0.25) is 0 Å². The number of piperidine rings is 1. The summed E-state index contributed by atoms with van der Waals surface area (Å²) in [7, 11) is -3.74. The third kappa shape index (κ3) is 3.48. The first kappa shape index (κ1) is 19.2. The topological polar surface area (TPSA) is 59.5 Å². The summed E-state index contributed by atoms with van der Waals surface area (Å²) >= 11 is 0. The van der Waals surface area contributed by atoms with E-state index in [9.17, 15) is 21.6 Å². The summed E-state index contributed by atoms with van der Waals surface area (Å²) in [5.41, 5.74) is -0.794. The molecule has 5 nitrogen and oxygen atoms in total. The van der Waals surface area contributed by atoms with Crippen LogP contribution < -0.4 is 4.74 Å². The quantitative estimate of drug-likeness (QED) is 0.751. The lowest BCUT2D eigenvalue weighted by Crippen LogP contribution is -2.47. The van der Waals surface area contributed by atoms with E-state index in [1.807, 2.05) is 0 Å². The molecule has 2 fully saturated rings. The molecule has 0 spiro atoms. The zero-order valence-electron chi connectivity index (χ0n) is 14.8. The average Bonchev–Trinajstić information content (AvgIpc) is 3.28. The number of benzene rings is 1. The Bertz CT molecular complexity index is 950. The van der Waals surface area contributed by atoms with E-state index in [2.05, 4.69) is 4.98 Å². The lowest BCUT2D eigenvalue weighted by Gasteiger charge is -2.34. The maximum atomic E-state index is 13.1. The Balaban J connectivity index is 1.55. The lowest BCUT2D eigenvalue weighted by molar-refractivity contribution is -0.137. The third-order valence-electron chi connectivity index (χ3n) is 5.47. The van der Waals surface area contributed by atoms with E-state index in [0.717, 1.165) is 31.4 Å². The summed E-state index contributed by atoms with van der Waals surface area (Å²) in [6.07, 6.45) is 0.775. The Morgan fingerprint density at radius 1 is 1.18 bits per heavy atom. The van der Waals surface area contributed by atoms with E-state index >= 15 is 0 Å². The van der Waals surface area contributed by atoms with Gasteiger partial charge in [-0.1, -0.05) is 6.07 Å². The highest BCUT2D eigenvalue weighted by molar-refractivity contribution is 7.89. The van der Waals surface area contributed by atoms with Crippen LogP contribution in [0, 0.1) is 5.92 Å². The monoisotopic (exact) mass is 412 g/mol. The fourth-order valence-electron chi connectivity index (χ4n) is 4.20. The fourth-order valence-corrected chi connectivity index (χ4v) is 6.06. The van der Waals surface area contributed by atoms with Crippen molar-refractivity contribution in [1.29, 1.82) is 0 Å². The van der Waals surface area contributed by atoms with Gasteiger partial charge in [0.1, 0.15) is 17.3 Å². The molecule has 9 heteroatoms. The maximum absolute atomic E-state index is 13.1. The molecule has 2 bridgehead atoms. The van der Waals surface area contributed by atoms with Crippen LogP contribution in [-0.4, -0.2) is 36.4 Å². The van der Waals surface area contributed by atoms with Crippen LogP contribution in [0.4, 0.5) is 13.2 Å².